The molecule has 1 aromatic carbocycles. The fraction of sp³-hybridized carbons (Fsp3) is 0.500. The average Bonchev–Trinajstić information content (AvgIpc) is 2.39. The number of nitrogens with one attached hydrogen (secondary N) is 2. The van der Waals surface area contributed by atoms with Gasteiger partial charge in [0.1, 0.15) is 10.6 Å². The van der Waals surface area contributed by atoms with E-state index in [1.54, 1.807) is 19.2 Å². The van der Waals surface area contributed by atoms with Gasteiger partial charge < -0.3 is 14.8 Å². The molecule has 0 fully saturated rings. The zero-order valence-electron chi connectivity index (χ0n) is 11.4. The second-order valence-corrected chi connectivity index (χ2v) is 5.64. The Morgan fingerprint density at radius 3 is 2.58 bits per heavy atom. The Kier molecular flexibility index (Phi) is 6.23. The van der Waals surface area contributed by atoms with E-state index < -0.39 is 10.0 Å². The van der Waals surface area contributed by atoms with E-state index in [-0.39, 0.29) is 11.4 Å². The lowest BCUT2D eigenvalue weighted by Gasteiger charge is -2.12. The smallest absolute Gasteiger partial charge is 0.244 e. The van der Waals surface area contributed by atoms with E-state index in [0.29, 0.717) is 18.9 Å². The van der Waals surface area contributed by atoms with Crippen LogP contribution in [0.3, 0.4) is 0 Å². The number of ether oxygens (including phenoxy) is 2. The number of rotatable bonds is 8. The van der Waals surface area contributed by atoms with Gasteiger partial charge in [-0.05, 0) is 24.7 Å². The van der Waals surface area contributed by atoms with Crippen molar-refractivity contribution >= 4 is 10.0 Å². The van der Waals surface area contributed by atoms with Gasteiger partial charge in [0.15, 0.2) is 0 Å². The van der Waals surface area contributed by atoms with Crippen molar-refractivity contribution in [1.82, 2.24) is 10.0 Å². The quantitative estimate of drug-likeness (QED) is 0.675. The largest absolute Gasteiger partial charge is 0.495 e. The van der Waals surface area contributed by atoms with Crippen LogP contribution < -0.4 is 14.8 Å². The number of sulfonamides is 1. The molecule has 0 saturated carbocycles. The summed E-state index contributed by atoms with van der Waals surface area (Å²) in [5, 5.41) is 2.98. The molecule has 0 aliphatic carbocycles. The minimum atomic E-state index is -3.60. The van der Waals surface area contributed by atoms with Gasteiger partial charge in [-0.15, -0.1) is 0 Å². The third-order valence-electron chi connectivity index (χ3n) is 2.50. The van der Waals surface area contributed by atoms with Crippen LogP contribution >= 0.6 is 0 Å². The van der Waals surface area contributed by atoms with E-state index in [1.807, 2.05) is 6.07 Å². The van der Waals surface area contributed by atoms with Gasteiger partial charge >= 0.3 is 0 Å². The van der Waals surface area contributed by atoms with E-state index in [1.165, 1.54) is 14.2 Å². The van der Waals surface area contributed by atoms with Crippen molar-refractivity contribution in [3.63, 3.8) is 0 Å². The van der Waals surface area contributed by atoms with Crippen LogP contribution in [0.2, 0.25) is 0 Å². The van der Waals surface area contributed by atoms with Crippen molar-refractivity contribution in [2.24, 2.45) is 0 Å². The summed E-state index contributed by atoms with van der Waals surface area (Å²) in [4.78, 5) is 0.138. The molecule has 0 unspecified atom stereocenters. The zero-order valence-corrected chi connectivity index (χ0v) is 12.2. The van der Waals surface area contributed by atoms with Crippen LogP contribution in [-0.4, -0.2) is 42.8 Å². The molecule has 19 heavy (non-hydrogen) atoms. The Morgan fingerprint density at radius 1 is 1.26 bits per heavy atom. The normalized spacial score (nSPS) is 11.5. The fourth-order valence-electron chi connectivity index (χ4n) is 1.60. The summed E-state index contributed by atoms with van der Waals surface area (Å²) in [5.41, 5.74) is 0.871. The van der Waals surface area contributed by atoms with Gasteiger partial charge in [-0.1, -0.05) is 6.07 Å². The fourth-order valence-corrected chi connectivity index (χ4v) is 2.83. The van der Waals surface area contributed by atoms with Gasteiger partial charge in [0, 0.05) is 20.2 Å². The van der Waals surface area contributed by atoms with Gasteiger partial charge in [0.25, 0.3) is 0 Å². The number of hydrogen-bond acceptors (Lipinski definition) is 5. The molecule has 0 spiro atoms. The zero-order chi connectivity index (χ0) is 14.3. The highest BCUT2D eigenvalue weighted by Crippen LogP contribution is 2.24. The third kappa shape index (κ3) is 4.46. The molecule has 0 aromatic heterocycles. The van der Waals surface area contributed by atoms with Crippen LogP contribution in [0.25, 0.3) is 0 Å². The Labute approximate surface area is 114 Å². The molecule has 2 N–H and O–H groups in total. The van der Waals surface area contributed by atoms with Crippen LogP contribution in [0, 0.1) is 0 Å². The summed E-state index contributed by atoms with van der Waals surface area (Å²) in [5.74, 6) is 0.324. The first-order valence-electron chi connectivity index (χ1n) is 5.85. The molecule has 0 saturated heterocycles. The van der Waals surface area contributed by atoms with E-state index in [0.717, 1.165) is 5.56 Å². The second kappa shape index (κ2) is 7.44. The van der Waals surface area contributed by atoms with Gasteiger partial charge in [-0.25, -0.2) is 13.1 Å². The van der Waals surface area contributed by atoms with Gasteiger partial charge in [-0.3, -0.25) is 0 Å². The highest BCUT2D eigenvalue weighted by atomic mass is 32.2. The number of methoxy groups -OCH3 is 2. The van der Waals surface area contributed by atoms with Gasteiger partial charge in [0.05, 0.1) is 13.7 Å². The molecule has 0 aliphatic rings. The molecular formula is C12H20N2O4S. The minimum Gasteiger partial charge on any atom is -0.495 e. The minimum absolute atomic E-state index is 0.138. The van der Waals surface area contributed by atoms with Crippen molar-refractivity contribution in [3.05, 3.63) is 23.8 Å². The van der Waals surface area contributed by atoms with Gasteiger partial charge in [0.2, 0.25) is 10.0 Å². The lowest BCUT2D eigenvalue weighted by molar-refractivity contribution is 0.204. The lowest BCUT2D eigenvalue weighted by atomic mass is 10.2. The lowest BCUT2D eigenvalue weighted by Crippen LogP contribution is -2.27. The summed E-state index contributed by atoms with van der Waals surface area (Å²) in [6.07, 6.45) is 0. The van der Waals surface area contributed by atoms with Crippen LogP contribution in [0.1, 0.15) is 5.56 Å². The van der Waals surface area contributed by atoms with E-state index in [4.69, 9.17) is 9.47 Å². The van der Waals surface area contributed by atoms with Crippen LogP contribution in [0.4, 0.5) is 0 Å². The van der Waals surface area contributed by atoms with Crippen molar-refractivity contribution in [2.75, 3.05) is 34.4 Å². The SMILES string of the molecule is CNCc1ccc(OC)c(S(=O)(=O)NCCOC)c1. The van der Waals surface area contributed by atoms with Gasteiger partial charge in [-0.2, -0.15) is 0 Å². The third-order valence-corrected chi connectivity index (χ3v) is 3.98. The topological polar surface area (TPSA) is 76.7 Å². The Morgan fingerprint density at radius 2 is 2.00 bits per heavy atom. The summed E-state index contributed by atoms with van der Waals surface area (Å²) < 4.78 is 36.7. The van der Waals surface area contributed by atoms with Crippen LogP contribution in [0.15, 0.2) is 23.1 Å². The van der Waals surface area contributed by atoms with Crippen LogP contribution in [-0.2, 0) is 21.3 Å². The predicted molar refractivity (Wildman–Crippen MR) is 72.8 cm³/mol. The number of benzene rings is 1. The standard InChI is InChI=1S/C12H20N2O4S/c1-13-9-10-4-5-11(18-3)12(8-10)19(15,16)14-6-7-17-2/h4-5,8,13-14H,6-7,9H2,1-3H3. The molecule has 0 aliphatic heterocycles. The van der Waals surface area contributed by atoms with Crippen molar-refractivity contribution in [1.29, 1.82) is 0 Å². The molecule has 7 heteroatoms. The highest BCUT2D eigenvalue weighted by Gasteiger charge is 2.19. The summed E-state index contributed by atoms with van der Waals surface area (Å²) in [6, 6.07) is 5.07. The molecular weight excluding hydrogens is 268 g/mol. The highest BCUT2D eigenvalue weighted by molar-refractivity contribution is 7.89. The molecule has 1 rings (SSSR count). The molecule has 0 bridgehead atoms. The van der Waals surface area contributed by atoms with E-state index in [2.05, 4.69) is 10.0 Å². The number of hydrogen-bond donors (Lipinski definition) is 2. The maximum Gasteiger partial charge on any atom is 0.244 e. The maximum absolute atomic E-state index is 12.2. The molecule has 108 valence electrons. The van der Waals surface area contributed by atoms with Crippen LogP contribution in [0.5, 0.6) is 5.75 Å². The first-order chi connectivity index (χ1) is 9.05. The monoisotopic (exact) mass is 288 g/mol. The van der Waals surface area contributed by atoms with Crippen molar-refractivity contribution in [3.8, 4) is 5.75 Å². The Bertz CT molecular complexity index is 502. The summed E-state index contributed by atoms with van der Waals surface area (Å²) >= 11 is 0. The van der Waals surface area contributed by atoms with Crippen molar-refractivity contribution in [2.45, 2.75) is 11.4 Å². The van der Waals surface area contributed by atoms with Crippen molar-refractivity contribution < 1.29 is 17.9 Å². The Balaban J connectivity index is 3.04. The molecule has 0 radical (unpaired) electrons. The molecule has 0 atom stereocenters. The molecule has 0 amide bonds. The molecule has 1 aromatic rings. The summed E-state index contributed by atoms with van der Waals surface area (Å²) in [6.45, 7) is 1.13. The molecule has 6 nitrogen and oxygen atoms in total. The molecule has 0 heterocycles. The van der Waals surface area contributed by atoms with E-state index >= 15 is 0 Å². The first kappa shape index (κ1) is 15.9. The average molecular weight is 288 g/mol. The Hall–Kier alpha value is -1.15. The first-order valence-corrected chi connectivity index (χ1v) is 7.33. The maximum atomic E-state index is 12.2. The predicted octanol–water partition coefficient (Wildman–Crippen LogP) is 0.339. The van der Waals surface area contributed by atoms with E-state index in [9.17, 15) is 8.42 Å². The summed E-state index contributed by atoms with van der Waals surface area (Å²) in [7, 11) is 1.16. The second-order valence-electron chi connectivity index (χ2n) is 3.91.